The van der Waals surface area contributed by atoms with Crippen LogP contribution in [0.5, 0.6) is 0 Å². The van der Waals surface area contributed by atoms with Gasteiger partial charge in [-0.1, -0.05) is 36.4 Å². The zero-order valence-electron chi connectivity index (χ0n) is 14.0. The van der Waals surface area contributed by atoms with E-state index in [1.165, 1.54) is 27.7 Å². The standard InChI is InChI=1S/C20H23N3.ClH/c1-16-6-2-4-8-19(16)23-15-17(14-22-12-10-21-11-13-22)18-7-3-5-9-20(18)23;/h2-9,15,21H,10-14H2,1H3;1H. The van der Waals surface area contributed by atoms with Crippen molar-refractivity contribution in [3.8, 4) is 5.69 Å². The molecule has 3 aromatic rings. The fourth-order valence-corrected chi connectivity index (χ4v) is 3.52. The van der Waals surface area contributed by atoms with Gasteiger partial charge in [0.05, 0.1) is 5.52 Å². The molecule has 1 N–H and O–H groups in total. The van der Waals surface area contributed by atoms with Gasteiger partial charge < -0.3 is 9.88 Å². The molecule has 1 aliphatic rings. The summed E-state index contributed by atoms with van der Waals surface area (Å²) in [5.74, 6) is 0. The number of halogens is 1. The predicted octanol–water partition coefficient (Wildman–Crippen LogP) is 3.77. The summed E-state index contributed by atoms with van der Waals surface area (Å²) in [6, 6.07) is 17.4. The quantitative estimate of drug-likeness (QED) is 0.782. The lowest BCUT2D eigenvalue weighted by Gasteiger charge is -2.26. The molecule has 4 rings (SSSR count). The number of rotatable bonds is 3. The Balaban J connectivity index is 0.00000169. The average Bonchev–Trinajstić information content (AvgIpc) is 2.95. The van der Waals surface area contributed by atoms with Gasteiger partial charge in [0, 0.05) is 50.0 Å². The van der Waals surface area contributed by atoms with E-state index in [1.807, 2.05) is 0 Å². The number of aromatic nitrogens is 1. The third-order valence-electron chi connectivity index (χ3n) is 4.77. The maximum absolute atomic E-state index is 3.43. The maximum Gasteiger partial charge on any atom is 0.0531 e. The van der Waals surface area contributed by atoms with Crippen molar-refractivity contribution < 1.29 is 0 Å². The molecule has 1 fully saturated rings. The molecule has 1 aliphatic heterocycles. The smallest absolute Gasteiger partial charge is 0.0531 e. The van der Waals surface area contributed by atoms with E-state index < -0.39 is 0 Å². The summed E-state index contributed by atoms with van der Waals surface area (Å²) in [5.41, 5.74) is 5.30. The predicted molar refractivity (Wildman–Crippen MR) is 103 cm³/mol. The van der Waals surface area contributed by atoms with E-state index in [4.69, 9.17) is 0 Å². The average molecular weight is 342 g/mol. The van der Waals surface area contributed by atoms with Gasteiger partial charge in [-0.3, -0.25) is 4.90 Å². The Morgan fingerprint density at radius 2 is 1.67 bits per heavy atom. The second-order valence-corrected chi connectivity index (χ2v) is 6.35. The number of hydrogen-bond donors (Lipinski definition) is 1. The minimum Gasteiger partial charge on any atom is -0.316 e. The fourth-order valence-electron chi connectivity index (χ4n) is 3.52. The van der Waals surface area contributed by atoms with Gasteiger partial charge in [0.2, 0.25) is 0 Å². The second-order valence-electron chi connectivity index (χ2n) is 6.35. The summed E-state index contributed by atoms with van der Waals surface area (Å²) in [5, 5.41) is 4.80. The number of nitrogens with zero attached hydrogens (tertiary/aromatic N) is 2. The zero-order valence-corrected chi connectivity index (χ0v) is 14.9. The molecule has 2 heterocycles. The largest absolute Gasteiger partial charge is 0.316 e. The molecular weight excluding hydrogens is 318 g/mol. The Bertz CT molecular complexity index is 819. The van der Waals surface area contributed by atoms with Gasteiger partial charge in [-0.05, 0) is 30.2 Å². The molecule has 4 heteroatoms. The van der Waals surface area contributed by atoms with E-state index >= 15 is 0 Å². The number of piperazine rings is 1. The summed E-state index contributed by atoms with van der Waals surface area (Å²) in [4.78, 5) is 2.54. The van der Waals surface area contributed by atoms with Crippen molar-refractivity contribution in [2.45, 2.75) is 13.5 Å². The third-order valence-corrected chi connectivity index (χ3v) is 4.77. The number of nitrogens with one attached hydrogen (secondary N) is 1. The first-order valence-corrected chi connectivity index (χ1v) is 8.41. The fraction of sp³-hybridized carbons (Fsp3) is 0.300. The molecule has 2 aromatic carbocycles. The van der Waals surface area contributed by atoms with Gasteiger partial charge >= 0.3 is 0 Å². The van der Waals surface area contributed by atoms with Crippen LogP contribution in [0.15, 0.2) is 54.7 Å². The lowest BCUT2D eigenvalue weighted by Crippen LogP contribution is -2.42. The molecule has 0 aliphatic carbocycles. The molecular formula is C20H24ClN3. The highest BCUT2D eigenvalue weighted by molar-refractivity contribution is 5.86. The molecule has 0 saturated carbocycles. The Labute approximate surface area is 149 Å². The van der Waals surface area contributed by atoms with E-state index in [-0.39, 0.29) is 12.4 Å². The summed E-state index contributed by atoms with van der Waals surface area (Å²) in [6.07, 6.45) is 2.33. The minimum atomic E-state index is 0. The minimum absolute atomic E-state index is 0. The van der Waals surface area contributed by atoms with Crippen LogP contribution >= 0.6 is 12.4 Å². The molecule has 0 amide bonds. The van der Waals surface area contributed by atoms with Gasteiger partial charge in [-0.15, -0.1) is 12.4 Å². The molecule has 24 heavy (non-hydrogen) atoms. The Hall–Kier alpha value is -1.81. The number of aryl methyl sites for hydroxylation is 1. The molecule has 126 valence electrons. The summed E-state index contributed by atoms with van der Waals surface area (Å²) >= 11 is 0. The highest BCUT2D eigenvalue weighted by Gasteiger charge is 2.15. The van der Waals surface area contributed by atoms with Gasteiger partial charge in [0.25, 0.3) is 0 Å². The lowest BCUT2D eigenvalue weighted by molar-refractivity contribution is 0.234. The van der Waals surface area contributed by atoms with Crippen molar-refractivity contribution in [2.75, 3.05) is 26.2 Å². The van der Waals surface area contributed by atoms with Crippen molar-refractivity contribution >= 4 is 23.3 Å². The molecule has 1 aromatic heterocycles. The van der Waals surface area contributed by atoms with E-state index in [1.54, 1.807) is 0 Å². The van der Waals surface area contributed by atoms with Gasteiger partial charge in [-0.2, -0.15) is 0 Å². The van der Waals surface area contributed by atoms with E-state index in [0.717, 1.165) is 32.7 Å². The van der Waals surface area contributed by atoms with Crippen LogP contribution in [0.4, 0.5) is 0 Å². The summed E-state index contributed by atoms with van der Waals surface area (Å²) in [6.45, 7) is 7.65. The van der Waals surface area contributed by atoms with Gasteiger partial charge in [0.1, 0.15) is 0 Å². The molecule has 0 unspecified atom stereocenters. The molecule has 3 nitrogen and oxygen atoms in total. The van der Waals surface area contributed by atoms with Crippen LogP contribution in [-0.4, -0.2) is 35.6 Å². The van der Waals surface area contributed by atoms with Crippen LogP contribution in [-0.2, 0) is 6.54 Å². The number of para-hydroxylation sites is 2. The highest BCUT2D eigenvalue weighted by Crippen LogP contribution is 2.27. The van der Waals surface area contributed by atoms with E-state index in [2.05, 4.69) is 76.4 Å². The topological polar surface area (TPSA) is 20.2 Å². The monoisotopic (exact) mass is 341 g/mol. The normalized spacial score (nSPS) is 15.4. The van der Waals surface area contributed by atoms with Crippen molar-refractivity contribution in [1.82, 2.24) is 14.8 Å². The first-order valence-electron chi connectivity index (χ1n) is 8.41. The first-order chi connectivity index (χ1) is 11.3. The Kier molecular flexibility index (Phi) is 5.24. The first kappa shape index (κ1) is 17.0. The second kappa shape index (κ2) is 7.39. The maximum atomic E-state index is 3.43. The van der Waals surface area contributed by atoms with Gasteiger partial charge in [0.15, 0.2) is 0 Å². The van der Waals surface area contributed by atoms with Crippen LogP contribution in [0.25, 0.3) is 16.6 Å². The van der Waals surface area contributed by atoms with Crippen LogP contribution in [0.3, 0.4) is 0 Å². The van der Waals surface area contributed by atoms with Crippen LogP contribution in [0.2, 0.25) is 0 Å². The van der Waals surface area contributed by atoms with E-state index in [9.17, 15) is 0 Å². The molecule has 1 saturated heterocycles. The third kappa shape index (κ3) is 3.20. The van der Waals surface area contributed by atoms with Crippen molar-refractivity contribution in [1.29, 1.82) is 0 Å². The summed E-state index contributed by atoms with van der Waals surface area (Å²) in [7, 11) is 0. The van der Waals surface area contributed by atoms with Crippen molar-refractivity contribution in [2.24, 2.45) is 0 Å². The number of benzene rings is 2. The summed E-state index contributed by atoms with van der Waals surface area (Å²) < 4.78 is 2.35. The number of hydrogen-bond acceptors (Lipinski definition) is 2. The number of fused-ring (bicyclic) bond motifs is 1. The van der Waals surface area contributed by atoms with Gasteiger partial charge in [-0.25, -0.2) is 0 Å². The Morgan fingerprint density at radius 3 is 2.46 bits per heavy atom. The Morgan fingerprint density at radius 1 is 0.958 bits per heavy atom. The highest BCUT2D eigenvalue weighted by atomic mass is 35.5. The van der Waals surface area contributed by atoms with Crippen LogP contribution in [0, 0.1) is 6.92 Å². The SMILES string of the molecule is Cc1ccccc1-n1cc(CN2CCNCC2)c2ccccc21.Cl. The zero-order chi connectivity index (χ0) is 15.6. The molecule has 0 atom stereocenters. The van der Waals surface area contributed by atoms with Crippen molar-refractivity contribution in [3.63, 3.8) is 0 Å². The van der Waals surface area contributed by atoms with Crippen LogP contribution < -0.4 is 5.32 Å². The van der Waals surface area contributed by atoms with Crippen molar-refractivity contribution in [3.05, 3.63) is 65.9 Å². The van der Waals surface area contributed by atoms with Crippen LogP contribution in [0.1, 0.15) is 11.1 Å². The molecule has 0 radical (unpaired) electrons. The van der Waals surface area contributed by atoms with E-state index in [0.29, 0.717) is 0 Å². The molecule has 0 spiro atoms. The molecule has 0 bridgehead atoms. The lowest BCUT2D eigenvalue weighted by atomic mass is 10.1.